The van der Waals surface area contributed by atoms with Crippen LogP contribution in [0.2, 0.25) is 0 Å². The fourth-order valence-electron chi connectivity index (χ4n) is 1.46. The Morgan fingerprint density at radius 3 is 2.21 bits per heavy atom. The monoisotopic (exact) mass is 215 g/mol. The molecule has 0 amide bonds. The first-order chi connectivity index (χ1) is 6.68. The largest absolute Gasteiger partial charge is 0.537 e. The molecule has 0 aliphatic carbocycles. The first kappa shape index (κ1) is 11.5. The summed E-state index contributed by atoms with van der Waals surface area (Å²) < 4.78 is 16.1. The maximum Gasteiger partial charge on any atom is 0.537 e. The highest BCUT2D eigenvalue weighted by molar-refractivity contribution is 6.69. The Morgan fingerprint density at radius 2 is 1.79 bits per heavy atom. The Kier molecular flexibility index (Phi) is 3.88. The number of hydrogen-bond donors (Lipinski definition) is 0. The molecule has 0 saturated carbocycles. The fourth-order valence-corrected chi connectivity index (χ4v) is 3.37. The summed E-state index contributed by atoms with van der Waals surface area (Å²) >= 11 is 0. The summed E-state index contributed by atoms with van der Waals surface area (Å²) in [5.41, 5.74) is 0. The fraction of sp³-hybridized carbons (Fsp3) is 0.556. The standard InChI is InChI=1S/C9H17NO3Si/c1-10-7-5-6-9(8-10)14(11-2,12-3)13-4/h5-6,8H,7H2,1-4H3. The molecule has 1 aliphatic heterocycles. The summed E-state index contributed by atoms with van der Waals surface area (Å²) in [6, 6.07) is 0. The van der Waals surface area contributed by atoms with Crippen molar-refractivity contribution in [1.29, 1.82) is 0 Å². The van der Waals surface area contributed by atoms with Gasteiger partial charge < -0.3 is 18.2 Å². The minimum atomic E-state index is -2.63. The molecular formula is C9H17NO3Si. The topological polar surface area (TPSA) is 30.9 Å². The summed E-state index contributed by atoms with van der Waals surface area (Å²) in [6.07, 6.45) is 6.07. The Morgan fingerprint density at radius 1 is 1.21 bits per heavy atom. The van der Waals surface area contributed by atoms with Crippen LogP contribution < -0.4 is 0 Å². The average molecular weight is 215 g/mol. The predicted molar refractivity (Wildman–Crippen MR) is 56.6 cm³/mol. The smallest absolute Gasteiger partial charge is 0.377 e. The van der Waals surface area contributed by atoms with Gasteiger partial charge in [0.2, 0.25) is 0 Å². The van der Waals surface area contributed by atoms with Crippen molar-refractivity contribution in [2.75, 3.05) is 34.9 Å². The predicted octanol–water partition coefficient (Wildman–Crippen LogP) is 0.789. The van der Waals surface area contributed by atoms with E-state index in [9.17, 15) is 0 Å². The molecule has 0 aromatic heterocycles. The van der Waals surface area contributed by atoms with Crippen molar-refractivity contribution in [2.45, 2.75) is 0 Å². The van der Waals surface area contributed by atoms with Crippen molar-refractivity contribution in [1.82, 2.24) is 4.90 Å². The summed E-state index contributed by atoms with van der Waals surface area (Å²) in [4.78, 5) is 2.06. The van der Waals surface area contributed by atoms with Gasteiger partial charge in [-0.3, -0.25) is 0 Å². The highest BCUT2D eigenvalue weighted by atomic mass is 28.4. The summed E-state index contributed by atoms with van der Waals surface area (Å²) in [7, 11) is 4.22. The van der Waals surface area contributed by atoms with E-state index in [1.165, 1.54) is 0 Å². The van der Waals surface area contributed by atoms with E-state index in [4.69, 9.17) is 13.3 Å². The molecule has 0 radical (unpaired) electrons. The van der Waals surface area contributed by atoms with E-state index in [1.54, 1.807) is 21.3 Å². The lowest BCUT2D eigenvalue weighted by Gasteiger charge is -2.28. The maximum atomic E-state index is 5.37. The van der Waals surface area contributed by atoms with Crippen LogP contribution in [0.15, 0.2) is 23.5 Å². The van der Waals surface area contributed by atoms with Gasteiger partial charge in [0.25, 0.3) is 0 Å². The normalized spacial score (nSPS) is 17.1. The van der Waals surface area contributed by atoms with E-state index >= 15 is 0 Å². The van der Waals surface area contributed by atoms with Gasteiger partial charge in [-0.15, -0.1) is 0 Å². The van der Waals surface area contributed by atoms with Gasteiger partial charge in [0.05, 0.1) is 0 Å². The molecule has 0 saturated heterocycles. The average Bonchev–Trinajstić information content (AvgIpc) is 2.22. The molecule has 0 fully saturated rings. The molecule has 0 aromatic carbocycles. The highest BCUT2D eigenvalue weighted by Gasteiger charge is 2.42. The number of nitrogens with zero attached hydrogens (tertiary/aromatic N) is 1. The highest BCUT2D eigenvalue weighted by Crippen LogP contribution is 2.21. The van der Waals surface area contributed by atoms with Gasteiger partial charge in [0.15, 0.2) is 0 Å². The van der Waals surface area contributed by atoms with Crippen LogP contribution in [0.3, 0.4) is 0 Å². The van der Waals surface area contributed by atoms with E-state index in [0.717, 1.165) is 11.7 Å². The number of hydrogen-bond acceptors (Lipinski definition) is 4. The second-order valence-electron chi connectivity index (χ2n) is 3.09. The first-order valence-electron chi connectivity index (χ1n) is 4.43. The van der Waals surface area contributed by atoms with Crippen LogP contribution in [0.4, 0.5) is 0 Å². The lowest BCUT2D eigenvalue weighted by Crippen LogP contribution is -2.46. The van der Waals surface area contributed by atoms with Crippen LogP contribution in [-0.2, 0) is 13.3 Å². The van der Waals surface area contributed by atoms with Crippen LogP contribution in [0, 0.1) is 0 Å². The van der Waals surface area contributed by atoms with E-state index in [1.807, 2.05) is 19.3 Å². The van der Waals surface area contributed by atoms with Crippen molar-refractivity contribution in [2.24, 2.45) is 0 Å². The van der Waals surface area contributed by atoms with Gasteiger partial charge in [-0.2, -0.15) is 0 Å². The van der Waals surface area contributed by atoms with Crippen molar-refractivity contribution in [3.05, 3.63) is 23.5 Å². The van der Waals surface area contributed by atoms with Gasteiger partial charge in [-0.1, -0.05) is 12.2 Å². The molecular weight excluding hydrogens is 198 g/mol. The number of likely N-dealkylation sites (N-methyl/N-ethyl adjacent to an activating group) is 1. The lowest BCUT2D eigenvalue weighted by molar-refractivity contribution is 0.135. The Bertz CT molecular complexity index is 240. The molecule has 0 bridgehead atoms. The summed E-state index contributed by atoms with van der Waals surface area (Å²) in [6.45, 7) is 0.908. The molecule has 0 atom stereocenters. The SMILES string of the molecule is CO[Si](OC)(OC)C1=CN(C)CC=C1. The van der Waals surface area contributed by atoms with Gasteiger partial charge in [0.1, 0.15) is 0 Å². The zero-order valence-electron chi connectivity index (χ0n) is 9.11. The molecule has 0 spiro atoms. The molecule has 80 valence electrons. The summed E-state index contributed by atoms with van der Waals surface area (Å²) in [5, 5.41) is 0.985. The van der Waals surface area contributed by atoms with Crippen LogP contribution in [0.25, 0.3) is 0 Å². The summed E-state index contributed by atoms with van der Waals surface area (Å²) in [5.74, 6) is 0. The van der Waals surface area contributed by atoms with Crippen LogP contribution in [0.5, 0.6) is 0 Å². The quantitative estimate of drug-likeness (QED) is 0.649. The third kappa shape index (κ3) is 2.06. The molecule has 0 N–H and O–H groups in total. The van der Waals surface area contributed by atoms with Crippen LogP contribution in [-0.4, -0.2) is 48.6 Å². The minimum absolute atomic E-state index is 0.908. The van der Waals surface area contributed by atoms with E-state index < -0.39 is 8.80 Å². The maximum absolute atomic E-state index is 5.37. The molecule has 0 aromatic rings. The van der Waals surface area contributed by atoms with Crippen molar-refractivity contribution < 1.29 is 13.3 Å². The third-order valence-electron chi connectivity index (χ3n) is 2.21. The van der Waals surface area contributed by atoms with E-state index in [2.05, 4.69) is 11.0 Å². The molecule has 4 nitrogen and oxygen atoms in total. The van der Waals surface area contributed by atoms with Gasteiger partial charge >= 0.3 is 8.80 Å². The van der Waals surface area contributed by atoms with Gasteiger partial charge in [0, 0.05) is 46.3 Å². The van der Waals surface area contributed by atoms with E-state index in [-0.39, 0.29) is 0 Å². The zero-order chi connectivity index (χ0) is 10.6. The molecule has 1 rings (SSSR count). The molecule has 1 aliphatic rings. The second-order valence-corrected chi connectivity index (χ2v) is 6.01. The Labute approximate surface area is 86.1 Å². The van der Waals surface area contributed by atoms with Crippen LogP contribution >= 0.6 is 0 Å². The molecule has 14 heavy (non-hydrogen) atoms. The van der Waals surface area contributed by atoms with Crippen molar-refractivity contribution >= 4 is 8.80 Å². The van der Waals surface area contributed by atoms with Crippen molar-refractivity contribution in [3.8, 4) is 0 Å². The molecule has 1 heterocycles. The third-order valence-corrected chi connectivity index (χ3v) is 4.83. The molecule has 0 unspecified atom stereocenters. The second kappa shape index (κ2) is 4.74. The zero-order valence-corrected chi connectivity index (χ0v) is 10.1. The van der Waals surface area contributed by atoms with Crippen LogP contribution in [0.1, 0.15) is 0 Å². The number of allylic oxidation sites excluding steroid dienone is 2. The van der Waals surface area contributed by atoms with E-state index in [0.29, 0.717) is 0 Å². The lowest BCUT2D eigenvalue weighted by atomic mass is 10.4. The van der Waals surface area contributed by atoms with Crippen molar-refractivity contribution in [3.63, 3.8) is 0 Å². The first-order valence-corrected chi connectivity index (χ1v) is 6.15. The minimum Gasteiger partial charge on any atom is -0.377 e. The molecule has 5 heteroatoms. The Hall–Kier alpha value is -0.623. The van der Waals surface area contributed by atoms with Gasteiger partial charge in [-0.25, -0.2) is 0 Å². The number of rotatable bonds is 4. The Balaban J connectivity index is 2.93. The van der Waals surface area contributed by atoms with Gasteiger partial charge in [-0.05, 0) is 0 Å².